The van der Waals surface area contributed by atoms with Crippen LogP contribution >= 0.6 is 11.6 Å². The van der Waals surface area contributed by atoms with Crippen LogP contribution in [0.4, 0.5) is 0 Å². The van der Waals surface area contributed by atoms with Gasteiger partial charge in [0.05, 0.1) is 12.1 Å². The second kappa shape index (κ2) is 8.66. The first-order valence-electron chi connectivity index (χ1n) is 9.87. The van der Waals surface area contributed by atoms with Crippen molar-refractivity contribution in [1.82, 2.24) is 9.88 Å². The van der Waals surface area contributed by atoms with Crippen molar-refractivity contribution in [2.24, 2.45) is 0 Å². The van der Waals surface area contributed by atoms with E-state index in [4.69, 9.17) is 16.6 Å². The zero-order chi connectivity index (χ0) is 20.2. The van der Waals surface area contributed by atoms with Crippen LogP contribution in [0.3, 0.4) is 0 Å². The third-order valence-corrected chi connectivity index (χ3v) is 5.61. The number of aromatic hydroxyl groups is 1. The minimum atomic E-state index is 0.117. The van der Waals surface area contributed by atoms with Gasteiger partial charge in [0.1, 0.15) is 5.75 Å². The van der Waals surface area contributed by atoms with Gasteiger partial charge in [0.25, 0.3) is 0 Å². The summed E-state index contributed by atoms with van der Waals surface area (Å²) in [4.78, 5) is 19.6. The molecule has 1 aliphatic heterocycles. The summed E-state index contributed by atoms with van der Waals surface area (Å²) in [5.41, 5.74) is 3.83. The van der Waals surface area contributed by atoms with Crippen molar-refractivity contribution in [3.63, 3.8) is 0 Å². The number of aromatic nitrogens is 1. The van der Waals surface area contributed by atoms with Crippen molar-refractivity contribution in [3.05, 3.63) is 83.0 Å². The number of carbonyl (C=O) groups is 1. The van der Waals surface area contributed by atoms with Gasteiger partial charge >= 0.3 is 0 Å². The lowest BCUT2D eigenvalue weighted by molar-refractivity contribution is -0.131. The van der Waals surface area contributed by atoms with E-state index in [1.807, 2.05) is 47.4 Å². The highest BCUT2D eigenvalue weighted by molar-refractivity contribution is 6.30. The molecule has 0 aliphatic carbocycles. The predicted molar refractivity (Wildman–Crippen MR) is 115 cm³/mol. The molecule has 1 aromatic heterocycles. The van der Waals surface area contributed by atoms with E-state index in [-0.39, 0.29) is 17.6 Å². The molecular weight excluding hydrogens is 384 g/mol. The highest BCUT2D eigenvalue weighted by Crippen LogP contribution is 2.28. The van der Waals surface area contributed by atoms with Gasteiger partial charge in [0.15, 0.2) is 0 Å². The SMILES string of the molecule is O=C(Cc1ccc(O)cc1)N1CCCC(c2cccc(-c3cccc(Cl)c3)n2)C1. The summed E-state index contributed by atoms with van der Waals surface area (Å²) in [7, 11) is 0. The first kappa shape index (κ1) is 19.5. The molecule has 148 valence electrons. The van der Waals surface area contributed by atoms with E-state index in [1.54, 1.807) is 24.3 Å². The standard InChI is InChI=1S/C24H23ClN2O2/c25-20-6-1-4-18(15-20)22-7-2-8-23(26-22)19-5-3-13-27(16-19)24(29)14-17-9-11-21(28)12-10-17/h1-2,4,6-12,15,19,28H,3,5,13-14,16H2. The number of nitrogens with zero attached hydrogens (tertiary/aromatic N) is 2. The summed E-state index contributed by atoms with van der Waals surface area (Å²) < 4.78 is 0. The van der Waals surface area contributed by atoms with Crippen LogP contribution in [0, 0.1) is 0 Å². The molecule has 1 aliphatic rings. The number of benzene rings is 2. The summed E-state index contributed by atoms with van der Waals surface area (Å²) in [5, 5.41) is 10.1. The second-order valence-corrected chi connectivity index (χ2v) is 7.92. The Morgan fingerprint density at radius 1 is 1.10 bits per heavy atom. The Hall–Kier alpha value is -2.85. The molecule has 0 saturated carbocycles. The average Bonchev–Trinajstić information content (AvgIpc) is 2.75. The number of phenolic OH excluding ortho intramolecular Hbond substituents is 1. The van der Waals surface area contributed by atoms with Gasteiger partial charge in [-0.3, -0.25) is 9.78 Å². The molecule has 2 aromatic carbocycles. The molecule has 5 heteroatoms. The van der Waals surface area contributed by atoms with Crippen LogP contribution in [-0.4, -0.2) is 34.0 Å². The Morgan fingerprint density at radius 3 is 2.69 bits per heavy atom. The van der Waals surface area contributed by atoms with Crippen molar-refractivity contribution < 1.29 is 9.90 Å². The monoisotopic (exact) mass is 406 g/mol. The van der Waals surface area contributed by atoms with Gasteiger partial charge in [0, 0.05) is 35.3 Å². The molecule has 0 radical (unpaired) electrons. The van der Waals surface area contributed by atoms with Crippen LogP contribution in [-0.2, 0) is 11.2 Å². The lowest BCUT2D eigenvalue weighted by Gasteiger charge is -2.32. The molecule has 3 aromatic rings. The van der Waals surface area contributed by atoms with Crippen molar-refractivity contribution >= 4 is 17.5 Å². The fourth-order valence-electron chi connectivity index (χ4n) is 3.83. The van der Waals surface area contributed by atoms with Gasteiger partial charge in [-0.15, -0.1) is 0 Å². The lowest BCUT2D eigenvalue weighted by atomic mass is 9.93. The third kappa shape index (κ3) is 4.77. The Morgan fingerprint density at radius 2 is 1.90 bits per heavy atom. The maximum atomic E-state index is 12.8. The number of hydrogen-bond donors (Lipinski definition) is 1. The molecule has 4 nitrogen and oxygen atoms in total. The normalized spacial score (nSPS) is 16.6. The summed E-state index contributed by atoms with van der Waals surface area (Å²) >= 11 is 6.13. The summed E-state index contributed by atoms with van der Waals surface area (Å²) in [5.74, 6) is 0.558. The zero-order valence-corrected chi connectivity index (χ0v) is 16.8. The minimum Gasteiger partial charge on any atom is -0.508 e. The number of hydrogen-bond acceptors (Lipinski definition) is 3. The van der Waals surface area contributed by atoms with Crippen LogP contribution < -0.4 is 0 Å². The first-order valence-corrected chi connectivity index (χ1v) is 10.2. The molecule has 1 amide bonds. The van der Waals surface area contributed by atoms with Crippen LogP contribution in [0.15, 0.2) is 66.7 Å². The molecular formula is C24H23ClN2O2. The Bertz CT molecular complexity index is 1000. The van der Waals surface area contributed by atoms with E-state index in [1.165, 1.54) is 0 Å². The number of pyridine rings is 1. The van der Waals surface area contributed by atoms with Crippen molar-refractivity contribution in [3.8, 4) is 17.0 Å². The summed E-state index contributed by atoms with van der Waals surface area (Å²) in [6.45, 7) is 1.46. The maximum absolute atomic E-state index is 12.8. The molecule has 1 N–H and O–H groups in total. The average molecular weight is 407 g/mol. The second-order valence-electron chi connectivity index (χ2n) is 7.48. The highest BCUT2D eigenvalue weighted by Gasteiger charge is 2.25. The smallest absolute Gasteiger partial charge is 0.227 e. The molecule has 0 bridgehead atoms. The van der Waals surface area contributed by atoms with Gasteiger partial charge in [0.2, 0.25) is 5.91 Å². The molecule has 2 heterocycles. The first-order chi connectivity index (χ1) is 14.1. The quantitative estimate of drug-likeness (QED) is 0.659. The predicted octanol–water partition coefficient (Wildman–Crippen LogP) is 5.06. The molecule has 0 spiro atoms. The molecule has 4 rings (SSSR count). The number of phenols is 1. The Balaban J connectivity index is 1.47. The van der Waals surface area contributed by atoms with Gasteiger partial charge < -0.3 is 10.0 Å². The number of halogens is 1. The van der Waals surface area contributed by atoms with Crippen LogP contribution in [0.1, 0.15) is 30.0 Å². The van der Waals surface area contributed by atoms with E-state index in [0.29, 0.717) is 18.0 Å². The number of carbonyl (C=O) groups excluding carboxylic acids is 1. The third-order valence-electron chi connectivity index (χ3n) is 5.38. The van der Waals surface area contributed by atoms with Gasteiger partial charge in [-0.2, -0.15) is 0 Å². The highest BCUT2D eigenvalue weighted by atomic mass is 35.5. The molecule has 29 heavy (non-hydrogen) atoms. The van der Waals surface area contributed by atoms with Crippen molar-refractivity contribution in [2.75, 3.05) is 13.1 Å². The van der Waals surface area contributed by atoms with Gasteiger partial charge in [-0.25, -0.2) is 0 Å². The fraction of sp³-hybridized carbons (Fsp3) is 0.250. The number of piperidine rings is 1. The topological polar surface area (TPSA) is 53.4 Å². The van der Waals surface area contributed by atoms with Gasteiger partial charge in [-0.1, -0.05) is 41.9 Å². The van der Waals surface area contributed by atoms with Crippen molar-refractivity contribution in [2.45, 2.75) is 25.2 Å². The van der Waals surface area contributed by atoms with E-state index >= 15 is 0 Å². The van der Waals surface area contributed by atoms with Crippen LogP contribution in [0.5, 0.6) is 5.75 Å². The summed E-state index contributed by atoms with van der Waals surface area (Å²) in [6, 6.07) is 20.6. The minimum absolute atomic E-state index is 0.117. The Kier molecular flexibility index (Phi) is 5.81. The number of rotatable bonds is 4. The fourth-order valence-corrected chi connectivity index (χ4v) is 4.02. The molecule has 1 atom stereocenters. The van der Waals surface area contributed by atoms with Crippen LogP contribution in [0.2, 0.25) is 5.02 Å². The molecule has 1 unspecified atom stereocenters. The summed E-state index contributed by atoms with van der Waals surface area (Å²) in [6.07, 6.45) is 2.34. The van der Waals surface area contributed by atoms with Crippen LogP contribution in [0.25, 0.3) is 11.3 Å². The van der Waals surface area contributed by atoms with E-state index < -0.39 is 0 Å². The zero-order valence-electron chi connectivity index (χ0n) is 16.1. The van der Waals surface area contributed by atoms with Crippen molar-refractivity contribution in [1.29, 1.82) is 0 Å². The lowest BCUT2D eigenvalue weighted by Crippen LogP contribution is -2.40. The van der Waals surface area contributed by atoms with E-state index in [9.17, 15) is 9.90 Å². The molecule has 1 saturated heterocycles. The molecule has 1 fully saturated rings. The van der Waals surface area contributed by atoms with E-state index in [0.717, 1.165) is 41.9 Å². The largest absolute Gasteiger partial charge is 0.508 e. The number of amides is 1. The van der Waals surface area contributed by atoms with Gasteiger partial charge in [-0.05, 0) is 54.8 Å². The van der Waals surface area contributed by atoms with E-state index in [2.05, 4.69) is 0 Å². The Labute approximate surface area is 175 Å². The number of likely N-dealkylation sites (tertiary alicyclic amines) is 1. The maximum Gasteiger partial charge on any atom is 0.227 e.